The molecule has 1 aromatic heterocycles. The second-order valence-electron chi connectivity index (χ2n) is 6.77. The Bertz CT molecular complexity index is 789. The van der Waals surface area contributed by atoms with Crippen LogP contribution in [0.1, 0.15) is 30.2 Å². The van der Waals surface area contributed by atoms with Gasteiger partial charge < -0.3 is 10.1 Å². The molecule has 1 aliphatic heterocycles. The summed E-state index contributed by atoms with van der Waals surface area (Å²) in [5.74, 6) is 0.381. The van der Waals surface area contributed by atoms with Crippen molar-refractivity contribution in [3.63, 3.8) is 0 Å². The molecule has 142 valence electrons. The molecule has 0 unspecified atom stereocenters. The first-order chi connectivity index (χ1) is 13.1. The van der Waals surface area contributed by atoms with E-state index in [4.69, 9.17) is 4.74 Å². The van der Waals surface area contributed by atoms with E-state index in [-0.39, 0.29) is 5.97 Å². The van der Waals surface area contributed by atoms with Crippen LogP contribution in [0.25, 0.3) is 6.08 Å². The molecule has 6 nitrogen and oxygen atoms in total. The summed E-state index contributed by atoms with van der Waals surface area (Å²) in [5.41, 5.74) is 3.28. The minimum absolute atomic E-state index is 0.361. The van der Waals surface area contributed by atoms with Crippen molar-refractivity contribution in [1.29, 1.82) is 0 Å². The number of likely N-dealkylation sites (tertiary alicyclic amines) is 1. The fourth-order valence-corrected chi connectivity index (χ4v) is 3.21. The minimum Gasteiger partial charge on any atom is -0.463 e. The first-order valence-electron chi connectivity index (χ1n) is 9.33. The van der Waals surface area contributed by atoms with E-state index in [1.165, 1.54) is 17.2 Å². The number of benzene rings is 1. The molecule has 1 aromatic carbocycles. The summed E-state index contributed by atoms with van der Waals surface area (Å²) < 4.78 is 4.84. The lowest BCUT2D eigenvalue weighted by Crippen LogP contribution is -2.26. The van der Waals surface area contributed by atoms with Gasteiger partial charge in [-0.1, -0.05) is 29.8 Å². The van der Waals surface area contributed by atoms with Crippen molar-refractivity contribution >= 4 is 17.9 Å². The van der Waals surface area contributed by atoms with Gasteiger partial charge >= 0.3 is 5.97 Å². The number of ether oxygens (including phenoxy) is 1. The normalized spacial score (nSPS) is 17.3. The highest BCUT2D eigenvalue weighted by molar-refractivity contribution is 5.86. The van der Waals surface area contributed by atoms with Crippen LogP contribution in [0.15, 0.2) is 42.7 Å². The molecule has 3 rings (SSSR count). The number of nitrogens with zero attached hydrogens (tertiary/aromatic N) is 3. The van der Waals surface area contributed by atoms with Gasteiger partial charge in [-0.2, -0.15) is 0 Å². The van der Waals surface area contributed by atoms with Crippen LogP contribution in [-0.2, 0) is 16.1 Å². The number of hydrogen-bond acceptors (Lipinski definition) is 6. The van der Waals surface area contributed by atoms with Gasteiger partial charge in [0, 0.05) is 31.8 Å². The zero-order chi connectivity index (χ0) is 19.1. The molecular formula is C21H26N4O2. The average Bonchev–Trinajstić information content (AvgIpc) is 3.08. The van der Waals surface area contributed by atoms with Crippen LogP contribution < -0.4 is 5.32 Å². The van der Waals surface area contributed by atoms with Crippen molar-refractivity contribution in [2.24, 2.45) is 0 Å². The molecule has 0 radical (unpaired) electrons. The second-order valence-corrected chi connectivity index (χ2v) is 6.77. The lowest BCUT2D eigenvalue weighted by atomic mass is 10.1. The first-order valence-corrected chi connectivity index (χ1v) is 9.33. The number of carbonyl (C=O) groups excluding carboxylic acids is 1. The third-order valence-corrected chi connectivity index (χ3v) is 4.46. The topological polar surface area (TPSA) is 67.3 Å². The average molecular weight is 366 g/mol. The predicted octanol–water partition coefficient (Wildman–Crippen LogP) is 3.05. The summed E-state index contributed by atoms with van der Waals surface area (Å²) in [4.78, 5) is 22.5. The Balaban J connectivity index is 1.49. The SMILES string of the molecule is CCOC(=O)C=Cc1cnc(N[C@@H]2CCN(Cc3cccc(C)c3)C2)cn1. The molecule has 6 heteroatoms. The molecule has 1 saturated heterocycles. The number of carbonyl (C=O) groups is 1. The molecular weight excluding hydrogens is 340 g/mol. The smallest absolute Gasteiger partial charge is 0.330 e. The maximum absolute atomic E-state index is 11.3. The van der Waals surface area contributed by atoms with E-state index in [1.807, 2.05) is 0 Å². The maximum Gasteiger partial charge on any atom is 0.330 e. The number of esters is 1. The van der Waals surface area contributed by atoms with Crippen LogP contribution in [0.5, 0.6) is 0 Å². The zero-order valence-corrected chi connectivity index (χ0v) is 15.9. The van der Waals surface area contributed by atoms with E-state index in [1.54, 1.807) is 25.4 Å². The highest BCUT2D eigenvalue weighted by Gasteiger charge is 2.22. The molecule has 1 N–H and O–H groups in total. The Labute approximate surface area is 160 Å². The third-order valence-electron chi connectivity index (χ3n) is 4.46. The van der Waals surface area contributed by atoms with Crippen molar-refractivity contribution in [1.82, 2.24) is 14.9 Å². The van der Waals surface area contributed by atoms with Crippen molar-refractivity contribution in [2.45, 2.75) is 32.9 Å². The van der Waals surface area contributed by atoms with Gasteiger partial charge in [0.1, 0.15) is 5.82 Å². The van der Waals surface area contributed by atoms with Gasteiger partial charge in [0.25, 0.3) is 0 Å². The number of aromatic nitrogens is 2. The van der Waals surface area contributed by atoms with Crippen molar-refractivity contribution in [3.8, 4) is 0 Å². The van der Waals surface area contributed by atoms with Gasteiger partial charge in [-0.25, -0.2) is 9.78 Å². The van der Waals surface area contributed by atoms with Crippen molar-refractivity contribution in [2.75, 3.05) is 25.0 Å². The Kier molecular flexibility index (Phi) is 6.54. The molecule has 0 spiro atoms. The molecule has 1 aliphatic rings. The molecule has 0 aliphatic carbocycles. The van der Waals surface area contributed by atoms with Crippen LogP contribution in [-0.4, -0.2) is 46.6 Å². The molecule has 0 bridgehead atoms. The van der Waals surface area contributed by atoms with Gasteiger partial charge in [0.2, 0.25) is 0 Å². The largest absolute Gasteiger partial charge is 0.463 e. The predicted molar refractivity (Wildman–Crippen MR) is 106 cm³/mol. The summed E-state index contributed by atoms with van der Waals surface area (Å²) in [6, 6.07) is 9.04. The number of hydrogen-bond donors (Lipinski definition) is 1. The number of rotatable bonds is 7. The number of nitrogens with one attached hydrogen (secondary N) is 1. The Morgan fingerprint density at radius 1 is 1.37 bits per heavy atom. The van der Waals surface area contributed by atoms with E-state index in [0.29, 0.717) is 18.3 Å². The van der Waals surface area contributed by atoms with Gasteiger partial charge in [-0.3, -0.25) is 9.88 Å². The summed E-state index contributed by atoms with van der Waals surface area (Å²) in [7, 11) is 0. The molecule has 2 heterocycles. The molecule has 0 saturated carbocycles. The molecule has 2 aromatic rings. The summed E-state index contributed by atoms with van der Waals surface area (Å²) in [6.45, 7) is 7.29. The number of anilines is 1. The Morgan fingerprint density at radius 3 is 3.00 bits per heavy atom. The maximum atomic E-state index is 11.3. The van der Waals surface area contributed by atoms with Crippen molar-refractivity contribution < 1.29 is 9.53 Å². The minimum atomic E-state index is -0.374. The van der Waals surface area contributed by atoms with Crippen LogP contribution in [0.2, 0.25) is 0 Å². The van der Waals surface area contributed by atoms with Crippen LogP contribution in [0.4, 0.5) is 5.82 Å². The summed E-state index contributed by atoms with van der Waals surface area (Å²) >= 11 is 0. The lowest BCUT2D eigenvalue weighted by Gasteiger charge is -2.17. The molecule has 0 amide bonds. The molecule has 1 atom stereocenters. The van der Waals surface area contributed by atoms with E-state index >= 15 is 0 Å². The number of aryl methyl sites for hydroxylation is 1. The monoisotopic (exact) mass is 366 g/mol. The van der Waals surface area contributed by atoms with Gasteiger partial charge in [-0.05, 0) is 31.9 Å². The van der Waals surface area contributed by atoms with E-state index in [2.05, 4.69) is 51.4 Å². The van der Waals surface area contributed by atoms with Crippen LogP contribution in [0.3, 0.4) is 0 Å². The highest BCUT2D eigenvalue weighted by Crippen LogP contribution is 2.17. The van der Waals surface area contributed by atoms with E-state index < -0.39 is 0 Å². The second kappa shape index (κ2) is 9.28. The van der Waals surface area contributed by atoms with Crippen LogP contribution >= 0.6 is 0 Å². The first kappa shape index (κ1) is 19.0. The fraction of sp³-hybridized carbons (Fsp3) is 0.381. The zero-order valence-electron chi connectivity index (χ0n) is 15.9. The van der Waals surface area contributed by atoms with Gasteiger partial charge in [-0.15, -0.1) is 0 Å². The third kappa shape index (κ3) is 5.89. The summed E-state index contributed by atoms with van der Waals surface area (Å²) in [5, 5.41) is 3.45. The fourth-order valence-electron chi connectivity index (χ4n) is 3.21. The van der Waals surface area contributed by atoms with Crippen LogP contribution in [0, 0.1) is 6.92 Å². The standard InChI is InChI=1S/C21H26N4O2/c1-3-27-21(26)8-7-18-12-23-20(13-22-18)24-19-9-10-25(15-19)14-17-6-4-5-16(2)11-17/h4-8,11-13,19H,3,9-10,14-15H2,1-2H3,(H,23,24)/t19-/m1/s1. The Hall–Kier alpha value is -2.73. The molecule has 27 heavy (non-hydrogen) atoms. The molecule has 1 fully saturated rings. The summed E-state index contributed by atoms with van der Waals surface area (Å²) in [6.07, 6.45) is 7.40. The Morgan fingerprint density at radius 2 is 2.26 bits per heavy atom. The lowest BCUT2D eigenvalue weighted by molar-refractivity contribution is -0.137. The van der Waals surface area contributed by atoms with Gasteiger partial charge in [0.15, 0.2) is 0 Å². The van der Waals surface area contributed by atoms with E-state index in [0.717, 1.165) is 31.9 Å². The quantitative estimate of drug-likeness (QED) is 0.600. The highest BCUT2D eigenvalue weighted by atomic mass is 16.5. The van der Waals surface area contributed by atoms with Gasteiger partial charge in [0.05, 0.1) is 24.7 Å². The van der Waals surface area contributed by atoms with Crippen molar-refractivity contribution in [3.05, 3.63) is 59.6 Å². The van der Waals surface area contributed by atoms with E-state index in [9.17, 15) is 4.79 Å².